The highest BCUT2D eigenvalue weighted by molar-refractivity contribution is 5.94. The van der Waals surface area contributed by atoms with Gasteiger partial charge in [-0.1, -0.05) is 48.5 Å². The van der Waals surface area contributed by atoms with Crippen LogP contribution in [0, 0.1) is 10.1 Å². The first-order valence-corrected chi connectivity index (χ1v) is 7.18. The number of hydrogen-bond acceptors (Lipinski definition) is 4. The first-order valence-electron chi connectivity index (χ1n) is 7.18. The van der Waals surface area contributed by atoms with Gasteiger partial charge >= 0.3 is 11.7 Å². The van der Waals surface area contributed by atoms with Crippen molar-refractivity contribution in [3.05, 3.63) is 93.3 Å². The van der Waals surface area contributed by atoms with Crippen molar-refractivity contribution in [2.45, 2.75) is 12.6 Å². The molecule has 2 aromatic rings. The van der Waals surface area contributed by atoms with Crippen LogP contribution in [0.3, 0.4) is 0 Å². The van der Waals surface area contributed by atoms with E-state index in [0.29, 0.717) is 17.7 Å². The first kappa shape index (κ1) is 14.9. The fraction of sp³-hybridized carbons (Fsp3) is 0.118. The summed E-state index contributed by atoms with van der Waals surface area (Å²) in [4.78, 5) is 22.7. The fourth-order valence-corrected chi connectivity index (χ4v) is 2.54. The van der Waals surface area contributed by atoms with Crippen LogP contribution < -0.4 is 5.32 Å². The number of carbonyl (C=O) groups is 1. The fourth-order valence-electron chi connectivity index (χ4n) is 2.54. The van der Waals surface area contributed by atoms with Crippen molar-refractivity contribution < 1.29 is 19.8 Å². The Labute approximate surface area is 132 Å². The van der Waals surface area contributed by atoms with Gasteiger partial charge in [0.1, 0.15) is 6.54 Å². The molecule has 2 aromatic carbocycles. The van der Waals surface area contributed by atoms with E-state index in [-0.39, 0.29) is 5.70 Å². The van der Waals surface area contributed by atoms with Gasteiger partial charge in [0.05, 0.1) is 10.5 Å². The van der Waals surface area contributed by atoms with E-state index in [9.17, 15) is 14.9 Å². The molecule has 0 fully saturated rings. The summed E-state index contributed by atoms with van der Waals surface area (Å²) < 4.78 is 5.19. The largest absolute Gasteiger partial charge is 0.442 e. The van der Waals surface area contributed by atoms with Gasteiger partial charge in [-0.2, -0.15) is 0 Å². The van der Waals surface area contributed by atoms with Crippen LogP contribution in [0.25, 0.3) is 0 Å². The molecular formula is C17H15N2O4+. The number of ether oxygens (including phenoxy) is 1. The lowest BCUT2D eigenvalue weighted by atomic mass is 10.0. The molecule has 23 heavy (non-hydrogen) atoms. The molecular weight excluding hydrogens is 296 g/mol. The van der Waals surface area contributed by atoms with Crippen molar-refractivity contribution in [1.82, 2.24) is 0 Å². The van der Waals surface area contributed by atoms with E-state index in [1.54, 1.807) is 29.6 Å². The maximum atomic E-state index is 11.8. The van der Waals surface area contributed by atoms with Crippen molar-refractivity contribution in [2.24, 2.45) is 0 Å². The van der Waals surface area contributed by atoms with E-state index in [1.165, 1.54) is 6.20 Å². The maximum absolute atomic E-state index is 11.8. The summed E-state index contributed by atoms with van der Waals surface area (Å²) in [6.45, 7) is 0.570. The number of nitrogens with zero attached hydrogens (tertiary/aromatic N) is 1. The summed E-state index contributed by atoms with van der Waals surface area (Å²) in [6.07, 6.45) is 0.466. The average molecular weight is 311 g/mol. The normalized spacial score (nSPS) is 16.8. The van der Waals surface area contributed by atoms with Gasteiger partial charge in [-0.05, 0) is 6.07 Å². The molecule has 0 aliphatic carbocycles. The summed E-state index contributed by atoms with van der Waals surface area (Å²) in [7, 11) is 0. The van der Waals surface area contributed by atoms with Gasteiger partial charge < -0.3 is 10.1 Å². The third-order valence-corrected chi connectivity index (χ3v) is 3.65. The third-order valence-electron chi connectivity index (χ3n) is 3.65. The van der Waals surface area contributed by atoms with Crippen LogP contribution >= 0.6 is 0 Å². The van der Waals surface area contributed by atoms with E-state index in [1.807, 2.05) is 30.3 Å². The number of rotatable bonds is 5. The highest BCUT2D eigenvalue weighted by Crippen LogP contribution is 2.35. The molecule has 0 bridgehead atoms. The Balaban J connectivity index is 1.81. The van der Waals surface area contributed by atoms with Gasteiger partial charge in [0.15, 0.2) is 6.20 Å². The topological polar surface area (TPSA) is 86.0 Å². The minimum atomic E-state index is -0.958. The van der Waals surface area contributed by atoms with Crippen molar-refractivity contribution in [3.8, 4) is 0 Å². The van der Waals surface area contributed by atoms with E-state index < -0.39 is 17.0 Å². The van der Waals surface area contributed by atoms with E-state index in [4.69, 9.17) is 4.74 Å². The number of cyclic esters (lactones) is 1. The molecule has 1 atom stereocenters. The number of quaternary nitrogens is 1. The molecule has 0 radical (unpaired) electrons. The first-order chi connectivity index (χ1) is 11.2. The molecule has 0 aromatic heterocycles. The smallest absolute Gasteiger partial charge is 0.343 e. The number of nitro groups is 1. The standard InChI is InChI=1S/C17H14N2O4/c20-17-14-9-5-4-8-13(14)16(23-17)15(19(21)22)11-18-10-12-6-2-1-3-7-12/h1-9,11,16,18H,10H2/p+1/b15-11+/t16-/m0/s1. The Morgan fingerprint density at radius 3 is 2.61 bits per heavy atom. The summed E-state index contributed by atoms with van der Waals surface area (Å²) >= 11 is 0. The maximum Gasteiger partial charge on any atom is 0.343 e. The number of nitrogens with two attached hydrogens (primary N) is 1. The number of carbonyl (C=O) groups excluding carboxylic acids is 1. The van der Waals surface area contributed by atoms with Crippen LogP contribution in [0.15, 0.2) is 66.5 Å². The highest BCUT2D eigenvalue weighted by Gasteiger charge is 2.40. The Bertz CT molecular complexity index is 771. The second-order valence-corrected chi connectivity index (χ2v) is 5.15. The molecule has 1 aliphatic heterocycles. The molecule has 0 saturated heterocycles. The summed E-state index contributed by atoms with van der Waals surface area (Å²) in [5.41, 5.74) is 1.83. The number of hydrogen-bond donors (Lipinski definition) is 1. The Morgan fingerprint density at radius 2 is 1.87 bits per heavy atom. The summed E-state index contributed by atoms with van der Waals surface area (Å²) in [6, 6.07) is 16.4. The van der Waals surface area contributed by atoms with Crippen LogP contribution in [-0.2, 0) is 11.3 Å². The van der Waals surface area contributed by atoms with Gasteiger partial charge in [0.25, 0.3) is 0 Å². The lowest BCUT2D eigenvalue weighted by molar-refractivity contribution is -0.613. The van der Waals surface area contributed by atoms with Crippen molar-refractivity contribution in [3.63, 3.8) is 0 Å². The molecule has 0 saturated carbocycles. The molecule has 2 N–H and O–H groups in total. The monoisotopic (exact) mass is 311 g/mol. The Hall–Kier alpha value is -2.99. The van der Waals surface area contributed by atoms with Crippen LogP contribution in [0.4, 0.5) is 0 Å². The van der Waals surface area contributed by atoms with Crippen molar-refractivity contribution in [1.29, 1.82) is 0 Å². The molecule has 6 nitrogen and oxygen atoms in total. The zero-order chi connectivity index (χ0) is 16.2. The third kappa shape index (κ3) is 3.12. The average Bonchev–Trinajstić information content (AvgIpc) is 2.89. The zero-order valence-corrected chi connectivity index (χ0v) is 12.2. The second kappa shape index (κ2) is 6.41. The van der Waals surface area contributed by atoms with E-state index in [0.717, 1.165) is 5.56 Å². The number of esters is 1. The quantitative estimate of drug-likeness (QED) is 0.518. The minimum Gasteiger partial charge on any atom is -0.442 e. The zero-order valence-electron chi connectivity index (χ0n) is 12.2. The van der Waals surface area contributed by atoms with Crippen LogP contribution in [0.2, 0.25) is 0 Å². The Morgan fingerprint density at radius 1 is 1.17 bits per heavy atom. The van der Waals surface area contributed by atoms with Gasteiger partial charge in [-0.15, -0.1) is 0 Å². The lowest BCUT2D eigenvalue weighted by Gasteiger charge is -2.07. The minimum absolute atomic E-state index is 0.140. The van der Waals surface area contributed by atoms with E-state index in [2.05, 4.69) is 0 Å². The molecule has 116 valence electrons. The highest BCUT2D eigenvalue weighted by atomic mass is 16.6. The van der Waals surface area contributed by atoms with E-state index >= 15 is 0 Å². The van der Waals surface area contributed by atoms with Crippen LogP contribution in [0.1, 0.15) is 27.6 Å². The lowest BCUT2D eigenvalue weighted by Crippen LogP contribution is -2.76. The SMILES string of the molecule is O=C1O[C@H](/C(=C\[NH2+]Cc2ccccc2)[N+](=O)[O-])c2ccccc21. The predicted molar refractivity (Wildman–Crippen MR) is 81.7 cm³/mol. The molecule has 6 heteroatoms. The molecule has 0 spiro atoms. The summed E-state index contributed by atoms with van der Waals surface area (Å²) in [5, 5.41) is 13.1. The van der Waals surface area contributed by atoms with Gasteiger partial charge in [0.2, 0.25) is 6.10 Å². The van der Waals surface area contributed by atoms with Crippen LogP contribution in [-0.4, -0.2) is 10.9 Å². The van der Waals surface area contributed by atoms with Crippen molar-refractivity contribution in [2.75, 3.05) is 0 Å². The Kier molecular flexibility index (Phi) is 4.16. The molecule has 1 aliphatic rings. The van der Waals surface area contributed by atoms with Gasteiger partial charge in [-0.25, -0.2) is 4.79 Å². The van der Waals surface area contributed by atoms with Gasteiger partial charge in [0, 0.05) is 11.1 Å². The summed E-state index contributed by atoms with van der Waals surface area (Å²) in [5.74, 6) is -0.526. The van der Waals surface area contributed by atoms with Gasteiger partial charge in [-0.3, -0.25) is 10.1 Å². The molecule has 0 unspecified atom stereocenters. The number of fused-ring (bicyclic) bond motifs is 1. The predicted octanol–water partition coefficient (Wildman–Crippen LogP) is 1.78. The molecule has 3 rings (SSSR count). The number of benzene rings is 2. The molecule has 0 amide bonds. The van der Waals surface area contributed by atoms with Crippen molar-refractivity contribution >= 4 is 5.97 Å². The second-order valence-electron chi connectivity index (χ2n) is 5.15. The van der Waals surface area contributed by atoms with Crippen LogP contribution in [0.5, 0.6) is 0 Å². The molecule has 1 heterocycles.